The number of rotatable bonds is 5. The molecule has 0 atom stereocenters. The Kier molecular flexibility index (Phi) is 4.35. The van der Waals surface area contributed by atoms with Crippen LogP contribution in [0.5, 0.6) is 0 Å². The van der Waals surface area contributed by atoms with Crippen LogP contribution in [0.3, 0.4) is 0 Å². The van der Waals surface area contributed by atoms with Gasteiger partial charge in [0.15, 0.2) is 0 Å². The molecule has 130 valence electrons. The molecule has 0 amide bonds. The first-order chi connectivity index (χ1) is 11.4. The third-order valence-corrected chi connectivity index (χ3v) is 6.79. The van der Waals surface area contributed by atoms with Crippen LogP contribution in [0.25, 0.3) is 11.0 Å². The molecule has 0 spiro atoms. The number of aliphatic carboxylic acids is 1. The summed E-state index contributed by atoms with van der Waals surface area (Å²) in [7, 11) is -3.31. The number of hydrogen-bond acceptors (Lipinski definition) is 4. The molecule has 1 saturated heterocycles. The number of carbonyl (C=O) groups is 1. The molecular formula is C16H21N3O4S. The Morgan fingerprint density at radius 1 is 1.29 bits per heavy atom. The van der Waals surface area contributed by atoms with Crippen molar-refractivity contribution in [3.8, 4) is 0 Å². The summed E-state index contributed by atoms with van der Waals surface area (Å²) >= 11 is 0. The lowest BCUT2D eigenvalue weighted by atomic mass is 9.88. The average molecular weight is 351 g/mol. The summed E-state index contributed by atoms with van der Waals surface area (Å²) in [6.45, 7) is 2.24. The molecule has 7 nitrogen and oxygen atoms in total. The molecule has 0 unspecified atom stereocenters. The van der Waals surface area contributed by atoms with Gasteiger partial charge in [-0.25, -0.2) is 22.5 Å². The number of nitrogens with zero attached hydrogens (tertiary/aromatic N) is 3. The van der Waals surface area contributed by atoms with Crippen molar-refractivity contribution in [1.29, 1.82) is 0 Å². The number of carboxylic acid groups (broad SMARTS) is 1. The maximum atomic E-state index is 12.2. The molecule has 0 bridgehead atoms. The van der Waals surface area contributed by atoms with Crippen LogP contribution in [0.15, 0.2) is 30.6 Å². The van der Waals surface area contributed by atoms with Crippen molar-refractivity contribution in [2.24, 2.45) is 0 Å². The van der Waals surface area contributed by atoms with Gasteiger partial charge in [-0.2, -0.15) is 0 Å². The molecule has 1 aromatic carbocycles. The first-order valence-electron chi connectivity index (χ1n) is 8.04. The van der Waals surface area contributed by atoms with E-state index in [-0.39, 0.29) is 31.7 Å². The lowest BCUT2D eigenvalue weighted by molar-refractivity contribution is -0.149. The first kappa shape index (κ1) is 16.9. The van der Waals surface area contributed by atoms with Gasteiger partial charge in [-0.1, -0.05) is 19.1 Å². The summed E-state index contributed by atoms with van der Waals surface area (Å²) in [6.07, 6.45) is 2.56. The Bertz CT molecular complexity index is 851. The van der Waals surface area contributed by atoms with Gasteiger partial charge in [0.05, 0.1) is 23.1 Å². The molecule has 1 fully saturated rings. The summed E-state index contributed by atoms with van der Waals surface area (Å²) in [5, 5.41) is 9.90. The monoisotopic (exact) mass is 351 g/mol. The van der Waals surface area contributed by atoms with Gasteiger partial charge in [-0.05, 0) is 31.4 Å². The highest BCUT2D eigenvalue weighted by Gasteiger charge is 2.45. The zero-order valence-electron chi connectivity index (χ0n) is 13.6. The summed E-state index contributed by atoms with van der Waals surface area (Å²) < 4.78 is 27.6. The van der Waals surface area contributed by atoms with E-state index in [2.05, 4.69) is 4.98 Å². The third kappa shape index (κ3) is 2.69. The van der Waals surface area contributed by atoms with E-state index in [9.17, 15) is 18.3 Å². The van der Waals surface area contributed by atoms with E-state index in [1.807, 2.05) is 31.2 Å². The van der Waals surface area contributed by atoms with E-state index < -0.39 is 21.5 Å². The maximum absolute atomic E-state index is 12.2. The highest BCUT2D eigenvalue weighted by Crippen LogP contribution is 2.34. The van der Waals surface area contributed by atoms with E-state index in [4.69, 9.17) is 0 Å². The fraction of sp³-hybridized carbons (Fsp3) is 0.500. The standard InChI is InChI=1S/C16H21N3O4S/c1-2-11-24(22,23)18-9-7-16(8-10-18,15(20)21)19-12-17-13-5-3-4-6-14(13)19/h3-6,12H,2,7-11H2,1H3,(H,20,21). The number of piperidine rings is 1. The highest BCUT2D eigenvalue weighted by atomic mass is 32.2. The molecule has 3 rings (SSSR count). The number of hydrogen-bond donors (Lipinski definition) is 1. The number of aromatic nitrogens is 2. The van der Waals surface area contributed by atoms with E-state index in [1.54, 1.807) is 10.9 Å². The predicted molar refractivity (Wildman–Crippen MR) is 90.2 cm³/mol. The quantitative estimate of drug-likeness (QED) is 0.884. The number of para-hydroxylation sites is 2. The van der Waals surface area contributed by atoms with E-state index in [1.165, 1.54) is 4.31 Å². The smallest absolute Gasteiger partial charge is 0.330 e. The maximum Gasteiger partial charge on any atom is 0.330 e. The van der Waals surface area contributed by atoms with Crippen molar-refractivity contribution in [1.82, 2.24) is 13.9 Å². The number of carboxylic acids is 1. The van der Waals surface area contributed by atoms with Crippen molar-refractivity contribution >= 4 is 27.0 Å². The minimum atomic E-state index is -3.31. The Morgan fingerprint density at radius 2 is 1.96 bits per heavy atom. The molecule has 0 aliphatic carbocycles. The van der Waals surface area contributed by atoms with Crippen molar-refractivity contribution in [2.75, 3.05) is 18.8 Å². The molecular weight excluding hydrogens is 330 g/mol. The van der Waals surface area contributed by atoms with Crippen LogP contribution in [0.4, 0.5) is 0 Å². The van der Waals surface area contributed by atoms with Gasteiger partial charge in [0.25, 0.3) is 0 Å². The predicted octanol–water partition coefficient (Wildman–Crippen LogP) is 1.65. The Morgan fingerprint density at radius 3 is 2.58 bits per heavy atom. The summed E-state index contributed by atoms with van der Waals surface area (Å²) in [6, 6.07) is 7.37. The Balaban J connectivity index is 1.94. The van der Waals surface area contributed by atoms with Crippen LogP contribution >= 0.6 is 0 Å². The molecule has 0 radical (unpaired) electrons. The summed E-state index contributed by atoms with van der Waals surface area (Å²) in [5.74, 6) is -0.848. The van der Waals surface area contributed by atoms with Gasteiger partial charge in [-0.3, -0.25) is 0 Å². The second kappa shape index (κ2) is 6.18. The summed E-state index contributed by atoms with van der Waals surface area (Å²) in [5.41, 5.74) is 0.331. The zero-order chi connectivity index (χ0) is 17.4. The number of fused-ring (bicyclic) bond motifs is 1. The van der Waals surface area contributed by atoms with Gasteiger partial charge < -0.3 is 9.67 Å². The van der Waals surface area contributed by atoms with Crippen molar-refractivity contribution < 1.29 is 18.3 Å². The minimum absolute atomic E-state index is 0.0983. The molecule has 1 aromatic heterocycles. The average Bonchev–Trinajstić information content (AvgIpc) is 2.99. The molecule has 1 N–H and O–H groups in total. The summed E-state index contributed by atoms with van der Waals surface area (Å²) in [4.78, 5) is 16.4. The van der Waals surface area contributed by atoms with Gasteiger partial charge in [0.1, 0.15) is 5.54 Å². The highest BCUT2D eigenvalue weighted by molar-refractivity contribution is 7.89. The fourth-order valence-corrected chi connectivity index (χ4v) is 4.89. The molecule has 2 heterocycles. The normalized spacial score (nSPS) is 18.7. The topological polar surface area (TPSA) is 92.5 Å². The van der Waals surface area contributed by atoms with Gasteiger partial charge >= 0.3 is 5.97 Å². The molecule has 2 aromatic rings. The molecule has 1 aliphatic heterocycles. The zero-order valence-corrected chi connectivity index (χ0v) is 14.4. The van der Waals surface area contributed by atoms with Crippen molar-refractivity contribution in [2.45, 2.75) is 31.7 Å². The minimum Gasteiger partial charge on any atom is -0.479 e. The second-order valence-electron chi connectivity index (χ2n) is 6.16. The number of sulfonamides is 1. The van der Waals surface area contributed by atoms with Crippen LogP contribution in [0.2, 0.25) is 0 Å². The van der Waals surface area contributed by atoms with Crippen molar-refractivity contribution in [3.63, 3.8) is 0 Å². The van der Waals surface area contributed by atoms with E-state index in [0.717, 1.165) is 11.0 Å². The van der Waals surface area contributed by atoms with E-state index >= 15 is 0 Å². The van der Waals surface area contributed by atoms with Crippen molar-refractivity contribution in [3.05, 3.63) is 30.6 Å². The van der Waals surface area contributed by atoms with Crippen LogP contribution in [-0.4, -0.2) is 52.2 Å². The fourth-order valence-electron chi connectivity index (χ4n) is 3.38. The van der Waals surface area contributed by atoms with Crippen LogP contribution in [-0.2, 0) is 20.4 Å². The molecule has 24 heavy (non-hydrogen) atoms. The van der Waals surface area contributed by atoms with Crippen LogP contribution in [0, 0.1) is 0 Å². The van der Waals surface area contributed by atoms with Gasteiger partial charge in [0, 0.05) is 13.1 Å². The van der Waals surface area contributed by atoms with E-state index in [0.29, 0.717) is 6.42 Å². The SMILES string of the molecule is CCCS(=O)(=O)N1CCC(C(=O)O)(n2cnc3ccccc32)CC1. The first-order valence-corrected chi connectivity index (χ1v) is 9.65. The van der Waals surface area contributed by atoms with Gasteiger partial charge in [-0.15, -0.1) is 0 Å². The third-order valence-electron chi connectivity index (χ3n) is 4.72. The molecule has 1 aliphatic rings. The second-order valence-corrected chi connectivity index (χ2v) is 8.24. The molecule has 0 saturated carbocycles. The number of imidazole rings is 1. The van der Waals surface area contributed by atoms with Gasteiger partial charge in [0.2, 0.25) is 10.0 Å². The molecule has 8 heteroatoms. The van der Waals surface area contributed by atoms with Crippen LogP contribution < -0.4 is 0 Å². The Hall–Kier alpha value is -1.93. The largest absolute Gasteiger partial charge is 0.479 e. The number of benzene rings is 1. The van der Waals surface area contributed by atoms with Crippen LogP contribution in [0.1, 0.15) is 26.2 Å². The lowest BCUT2D eigenvalue weighted by Crippen LogP contribution is -2.52. The lowest BCUT2D eigenvalue weighted by Gasteiger charge is -2.39. The Labute approximate surface area is 141 Å².